The van der Waals surface area contributed by atoms with Crippen LogP contribution in [0.4, 0.5) is 0 Å². The molecule has 0 amide bonds. The van der Waals surface area contributed by atoms with Crippen molar-refractivity contribution in [2.24, 2.45) is 0 Å². The number of rotatable bonds is 2. The van der Waals surface area contributed by atoms with Crippen molar-refractivity contribution >= 4 is 11.8 Å². The molecule has 0 spiro atoms. The van der Waals surface area contributed by atoms with Gasteiger partial charge in [0.05, 0.1) is 0 Å². The molecule has 0 atom stereocenters. The molecule has 17 heavy (non-hydrogen) atoms. The summed E-state index contributed by atoms with van der Waals surface area (Å²) in [6.07, 6.45) is 1.67. The van der Waals surface area contributed by atoms with Crippen LogP contribution in [-0.2, 0) is 0 Å². The molecule has 2 rings (SSSR count). The van der Waals surface area contributed by atoms with Crippen LogP contribution in [0.1, 0.15) is 16.8 Å². The number of benzene rings is 1. The van der Waals surface area contributed by atoms with Gasteiger partial charge in [-0.15, -0.1) is 0 Å². The Balaban J connectivity index is 2.31. The smallest absolute Gasteiger partial charge is 0.141 e. The monoisotopic (exact) mass is 240 g/mol. The Hall–Kier alpha value is -1.79. The van der Waals surface area contributed by atoms with E-state index in [1.165, 1.54) is 16.0 Å². The number of aromatic nitrogens is 1. The van der Waals surface area contributed by atoms with Crippen molar-refractivity contribution in [3.63, 3.8) is 0 Å². The van der Waals surface area contributed by atoms with E-state index >= 15 is 0 Å². The van der Waals surface area contributed by atoms with E-state index in [9.17, 15) is 0 Å². The van der Waals surface area contributed by atoms with E-state index in [4.69, 9.17) is 5.26 Å². The number of pyridine rings is 1. The fourth-order valence-electron chi connectivity index (χ4n) is 1.48. The maximum absolute atomic E-state index is 8.81. The minimum absolute atomic E-state index is 0.459. The molecule has 0 aliphatic rings. The molecule has 3 heteroatoms. The standard InChI is InChI=1S/C14H12N2S/c1-10-3-4-11(2)14(7-10)17-13-5-6-16-12(8-13)9-15/h3-8H,1-2H3. The number of nitrogens with zero attached hydrogens (tertiary/aromatic N) is 2. The Morgan fingerprint density at radius 3 is 2.76 bits per heavy atom. The van der Waals surface area contributed by atoms with Gasteiger partial charge in [-0.05, 0) is 43.2 Å². The molecule has 0 aliphatic heterocycles. The number of hydrogen-bond acceptors (Lipinski definition) is 3. The molecule has 1 heterocycles. The first-order chi connectivity index (χ1) is 8.19. The largest absolute Gasteiger partial charge is 0.245 e. The Bertz CT molecular complexity index is 585. The summed E-state index contributed by atoms with van der Waals surface area (Å²) in [6, 6.07) is 12.2. The number of hydrogen-bond donors (Lipinski definition) is 0. The van der Waals surface area contributed by atoms with Gasteiger partial charge in [0.15, 0.2) is 0 Å². The summed E-state index contributed by atoms with van der Waals surface area (Å²) >= 11 is 1.67. The second kappa shape index (κ2) is 5.03. The van der Waals surface area contributed by atoms with Gasteiger partial charge in [-0.3, -0.25) is 0 Å². The third-order valence-corrected chi connectivity index (χ3v) is 3.57. The Morgan fingerprint density at radius 1 is 1.18 bits per heavy atom. The van der Waals surface area contributed by atoms with E-state index in [2.05, 4.69) is 43.1 Å². The molecule has 0 N–H and O–H groups in total. The molecule has 0 aliphatic carbocycles. The van der Waals surface area contributed by atoms with Crippen molar-refractivity contribution in [2.75, 3.05) is 0 Å². The summed E-state index contributed by atoms with van der Waals surface area (Å²) in [7, 11) is 0. The molecule has 2 aromatic rings. The van der Waals surface area contributed by atoms with E-state index in [-0.39, 0.29) is 0 Å². The minimum Gasteiger partial charge on any atom is -0.245 e. The summed E-state index contributed by atoms with van der Waals surface area (Å²) in [5.41, 5.74) is 2.95. The predicted molar refractivity (Wildman–Crippen MR) is 69.0 cm³/mol. The number of aryl methyl sites for hydroxylation is 2. The molecule has 0 saturated carbocycles. The zero-order chi connectivity index (χ0) is 12.3. The SMILES string of the molecule is Cc1ccc(C)c(Sc2ccnc(C#N)c2)c1. The van der Waals surface area contributed by atoms with Gasteiger partial charge in [0.1, 0.15) is 11.8 Å². The quantitative estimate of drug-likeness (QED) is 0.802. The average molecular weight is 240 g/mol. The van der Waals surface area contributed by atoms with Crippen molar-refractivity contribution in [3.05, 3.63) is 53.3 Å². The molecule has 1 aromatic heterocycles. The summed E-state index contributed by atoms with van der Waals surface area (Å²) in [5.74, 6) is 0. The van der Waals surface area contributed by atoms with Crippen LogP contribution < -0.4 is 0 Å². The lowest BCUT2D eigenvalue weighted by atomic mass is 10.2. The molecule has 1 aromatic carbocycles. The third-order valence-electron chi connectivity index (χ3n) is 2.42. The van der Waals surface area contributed by atoms with Crippen LogP contribution in [-0.4, -0.2) is 4.98 Å². The molecule has 84 valence electrons. The molecule has 0 radical (unpaired) electrons. The maximum Gasteiger partial charge on any atom is 0.141 e. The molecule has 0 fully saturated rings. The van der Waals surface area contributed by atoms with E-state index in [0.29, 0.717) is 5.69 Å². The van der Waals surface area contributed by atoms with Crippen molar-refractivity contribution < 1.29 is 0 Å². The van der Waals surface area contributed by atoms with Gasteiger partial charge in [-0.2, -0.15) is 5.26 Å². The average Bonchev–Trinajstić information content (AvgIpc) is 2.34. The van der Waals surface area contributed by atoms with Gasteiger partial charge in [-0.25, -0.2) is 4.98 Å². The van der Waals surface area contributed by atoms with E-state index in [1.807, 2.05) is 12.1 Å². The van der Waals surface area contributed by atoms with E-state index in [1.54, 1.807) is 18.0 Å². The highest BCUT2D eigenvalue weighted by Crippen LogP contribution is 2.30. The Labute approximate surface area is 105 Å². The van der Waals surface area contributed by atoms with Gasteiger partial charge < -0.3 is 0 Å². The van der Waals surface area contributed by atoms with Crippen molar-refractivity contribution in [3.8, 4) is 6.07 Å². The fraction of sp³-hybridized carbons (Fsp3) is 0.143. The Kier molecular flexibility index (Phi) is 3.46. The van der Waals surface area contributed by atoms with Crippen LogP contribution in [0.25, 0.3) is 0 Å². The molecular weight excluding hydrogens is 228 g/mol. The van der Waals surface area contributed by atoms with Crippen LogP contribution in [0, 0.1) is 25.2 Å². The summed E-state index contributed by atoms with van der Waals surface area (Å²) in [6.45, 7) is 4.17. The predicted octanol–water partition coefficient (Wildman–Crippen LogP) is 3.72. The second-order valence-corrected chi connectivity index (χ2v) is 4.97. The van der Waals surface area contributed by atoms with Crippen molar-refractivity contribution in [1.82, 2.24) is 4.98 Å². The zero-order valence-corrected chi connectivity index (χ0v) is 10.6. The van der Waals surface area contributed by atoms with E-state index < -0.39 is 0 Å². The topological polar surface area (TPSA) is 36.7 Å². The first-order valence-corrected chi connectivity index (χ1v) is 6.12. The van der Waals surface area contributed by atoms with Gasteiger partial charge >= 0.3 is 0 Å². The van der Waals surface area contributed by atoms with Gasteiger partial charge in [0.25, 0.3) is 0 Å². The molecule has 0 unspecified atom stereocenters. The highest BCUT2D eigenvalue weighted by molar-refractivity contribution is 7.99. The first kappa shape index (κ1) is 11.7. The lowest BCUT2D eigenvalue weighted by Crippen LogP contribution is -1.84. The fourth-order valence-corrected chi connectivity index (χ4v) is 2.51. The van der Waals surface area contributed by atoms with Gasteiger partial charge in [0.2, 0.25) is 0 Å². The molecule has 0 bridgehead atoms. The van der Waals surface area contributed by atoms with Gasteiger partial charge in [-0.1, -0.05) is 23.9 Å². The summed E-state index contributed by atoms with van der Waals surface area (Å²) in [5, 5.41) is 8.81. The van der Waals surface area contributed by atoms with Crippen LogP contribution in [0.2, 0.25) is 0 Å². The highest BCUT2D eigenvalue weighted by atomic mass is 32.2. The van der Waals surface area contributed by atoms with Crippen molar-refractivity contribution in [2.45, 2.75) is 23.6 Å². The zero-order valence-electron chi connectivity index (χ0n) is 9.77. The summed E-state index contributed by atoms with van der Waals surface area (Å²) < 4.78 is 0. The highest BCUT2D eigenvalue weighted by Gasteiger charge is 2.03. The lowest BCUT2D eigenvalue weighted by Gasteiger charge is -2.06. The van der Waals surface area contributed by atoms with Crippen LogP contribution >= 0.6 is 11.8 Å². The maximum atomic E-state index is 8.81. The van der Waals surface area contributed by atoms with Crippen LogP contribution in [0.15, 0.2) is 46.3 Å². The second-order valence-electron chi connectivity index (χ2n) is 3.86. The Morgan fingerprint density at radius 2 is 2.00 bits per heavy atom. The van der Waals surface area contributed by atoms with Gasteiger partial charge in [0, 0.05) is 16.0 Å². The van der Waals surface area contributed by atoms with Crippen LogP contribution in [0.5, 0.6) is 0 Å². The molecule has 2 nitrogen and oxygen atoms in total. The normalized spacial score (nSPS) is 9.94. The van der Waals surface area contributed by atoms with E-state index in [0.717, 1.165) is 4.90 Å². The molecule has 0 saturated heterocycles. The minimum atomic E-state index is 0.459. The van der Waals surface area contributed by atoms with Crippen LogP contribution in [0.3, 0.4) is 0 Å². The van der Waals surface area contributed by atoms with Crippen molar-refractivity contribution in [1.29, 1.82) is 5.26 Å². The number of nitriles is 1. The lowest BCUT2D eigenvalue weighted by molar-refractivity contribution is 1.20. The molecular formula is C14H12N2S. The first-order valence-electron chi connectivity index (χ1n) is 5.30. The third kappa shape index (κ3) is 2.86. The summed E-state index contributed by atoms with van der Waals surface area (Å²) in [4.78, 5) is 6.23.